The monoisotopic (exact) mass is 295 g/mol. The fraction of sp³-hybridized carbons (Fsp3) is 0.235. The zero-order chi connectivity index (χ0) is 15.5. The number of aromatic nitrogens is 1. The second-order valence-electron chi connectivity index (χ2n) is 5.40. The van der Waals surface area contributed by atoms with Gasteiger partial charge in [0.2, 0.25) is 11.8 Å². The average molecular weight is 295 g/mol. The molecule has 0 aliphatic carbocycles. The summed E-state index contributed by atoms with van der Waals surface area (Å²) in [5.41, 5.74) is 1.90. The minimum absolute atomic E-state index is 0.0181. The van der Waals surface area contributed by atoms with Crippen molar-refractivity contribution in [2.24, 2.45) is 5.92 Å². The topological polar surface area (TPSA) is 62.3 Å². The largest absolute Gasteiger partial charge is 0.311 e. The normalized spacial score (nSPS) is 17.6. The molecule has 0 spiro atoms. The number of rotatable bonds is 3. The smallest absolute Gasteiger partial charge is 0.230 e. The second kappa shape index (κ2) is 5.97. The van der Waals surface area contributed by atoms with Crippen LogP contribution in [-0.4, -0.2) is 23.3 Å². The Kier molecular flexibility index (Phi) is 3.87. The Bertz CT molecular complexity index is 700. The molecule has 112 valence electrons. The summed E-state index contributed by atoms with van der Waals surface area (Å²) in [7, 11) is 0. The molecule has 0 radical (unpaired) electrons. The van der Waals surface area contributed by atoms with Crippen molar-refractivity contribution in [2.45, 2.75) is 13.3 Å². The van der Waals surface area contributed by atoms with Crippen LogP contribution < -0.4 is 10.2 Å². The highest BCUT2D eigenvalue weighted by Gasteiger charge is 2.35. The number of anilines is 2. The number of hydrogen-bond donors (Lipinski definition) is 1. The molecular weight excluding hydrogens is 278 g/mol. The fourth-order valence-corrected chi connectivity index (χ4v) is 2.65. The van der Waals surface area contributed by atoms with E-state index < -0.39 is 0 Å². The molecule has 3 rings (SSSR count). The molecule has 2 heterocycles. The molecule has 1 aromatic carbocycles. The van der Waals surface area contributed by atoms with E-state index >= 15 is 0 Å². The van der Waals surface area contributed by atoms with E-state index in [-0.39, 0.29) is 24.2 Å². The molecule has 1 N–H and O–H groups in total. The van der Waals surface area contributed by atoms with Gasteiger partial charge in [-0.3, -0.25) is 9.59 Å². The summed E-state index contributed by atoms with van der Waals surface area (Å²) in [6.45, 7) is 2.37. The van der Waals surface area contributed by atoms with E-state index in [1.165, 1.54) is 0 Å². The second-order valence-corrected chi connectivity index (χ2v) is 5.40. The van der Waals surface area contributed by atoms with Crippen LogP contribution in [0, 0.1) is 12.8 Å². The lowest BCUT2D eigenvalue weighted by atomic mass is 10.1. The zero-order valence-corrected chi connectivity index (χ0v) is 12.3. The molecule has 1 aliphatic rings. The van der Waals surface area contributed by atoms with Gasteiger partial charge in [-0.2, -0.15) is 0 Å². The minimum Gasteiger partial charge on any atom is -0.311 e. The molecule has 1 atom stereocenters. The van der Waals surface area contributed by atoms with Crippen LogP contribution in [0.4, 0.5) is 11.5 Å². The van der Waals surface area contributed by atoms with Gasteiger partial charge in [0.05, 0.1) is 5.92 Å². The molecule has 0 bridgehead atoms. The van der Waals surface area contributed by atoms with Crippen LogP contribution in [0.25, 0.3) is 0 Å². The summed E-state index contributed by atoms with van der Waals surface area (Å²) < 4.78 is 0. The highest BCUT2D eigenvalue weighted by molar-refractivity contribution is 6.03. The summed E-state index contributed by atoms with van der Waals surface area (Å²) in [5, 5.41) is 2.76. The minimum atomic E-state index is -0.353. The quantitative estimate of drug-likeness (QED) is 0.945. The van der Waals surface area contributed by atoms with Crippen LogP contribution in [-0.2, 0) is 9.59 Å². The lowest BCUT2D eigenvalue weighted by Gasteiger charge is -2.18. The molecule has 5 heteroatoms. The van der Waals surface area contributed by atoms with Gasteiger partial charge in [-0.05, 0) is 30.7 Å². The number of hydrogen-bond acceptors (Lipinski definition) is 3. The number of benzene rings is 1. The Morgan fingerprint density at radius 2 is 2.00 bits per heavy atom. The predicted molar refractivity (Wildman–Crippen MR) is 84.5 cm³/mol. The van der Waals surface area contributed by atoms with E-state index in [4.69, 9.17) is 0 Å². The van der Waals surface area contributed by atoms with Crippen LogP contribution >= 0.6 is 0 Å². The molecule has 1 unspecified atom stereocenters. The first kappa shape index (κ1) is 14.3. The summed E-state index contributed by atoms with van der Waals surface area (Å²) in [5.74, 6) is -0.0259. The van der Waals surface area contributed by atoms with E-state index in [0.29, 0.717) is 12.4 Å². The first-order valence-electron chi connectivity index (χ1n) is 7.23. The number of carbonyl (C=O) groups excluding carboxylic acids is 2. The van der Waals surface area contributed by atoms with Crippen LogP contribution in [0.3, 0.4) is 0 Å². The number of nitrogens with zero attached hydrogens (tertiary/aromatic N) is 2. The molecule has 22 heavy (non-hydrogen) atoms. The molecule has 2 aromatic rings. The molecular formula is C17H17N3O2. The fourth-order valence-electron chi connectivity index (χ4n) is 2.65. The summed E-state index contributed by atoms with van der Waals surface area (Å²) in [6.07, 6.45) is 1.85. The Labute approximate surface area is 129 Å². The molecule has 0 saturated carbocycles. The number of pyridine rings is 1. The van der Waals surface area contributed by atoms with E-state index in [0.717, 1.165) is 11.3 Å². The highest BCUT2D eigenvalue weighted by atomic mass is 16.2. The maximum atomic E-state index is 12.3. The van der Waals surface area contributed by atoms with Crippen LogP contribution in [0.15, 0.2) is 48.7 Å². The Morgan fingerprint density at radius 1 is 1.23 bits per heavy atom. The number of nitrogens with one attached hydrogen (secondary N) is 1. The number of aryl methyl sites for hydroxylation is 1. The van der Waals surface area contributed by atoms with Crippen molar-refractivity contribution >= 4 is 23.3 Å². The Morgan fingerprint density at radius 3 is 2.73 bits per heavy atom. The van der Waals surface area contributed by atoms with Crippen molar-refractivity contribution in [1.29, 1.82) is 0 Å². The molecule has 1 aliphatic heterocycles. The van der Waals surface area contributed by atoms with Gasteiger partial charge < -0.3 is 10.2 Å². The van der Waals surface area contributed by atoms with E-state index in [2.05, 4.69) is 10.3 Å². The van der Waals surface area contributed by atoms with Crippen molar-refractivity contribution in [3.63, 3.8) is 0 Å². The van der Waals surface area contributed by atoms with Crippen molar-refractivity contribution < 1.29 is 9.59 Å². The van der Waals surface area contributed by atoms with E-state index in [1.807, 2.05) is 37.3 Å². The third kappa shape index (κ3) is 2.83. The van der Waals surface area contributed by atoms with Crippen molar-refractivity contribution in [2.75, 3.05) is 16.8 Å². The molecule has 2 amide bonds. The maximum Gasteiger partial charge on any atom is 0.230 e. The standard InChI is InChI=1S/C17H17N3O2/c1-12-6-2-3-7-14(12)20-11-13(10-16(20)21)17(22)19-15-8-4-5-9-18-15/h2-9,13H,10-11H2,1H3,(H,18,19,22). The first-order chi connectivity index (χ1) is 10.6. The van der Waals surface area contributed by atoms with Crippen molar-refractivity contribution in [3.8, 4) is 0 Å². The molecule has 1 fully saturated rings. The van der Waals surface area contributed by atoms with Crippen molar-refractivity contribution in [3.05, 3.63) is 54.2 Å². The van der Waals surface area contributed by atoms with Gasteiger partial charge in [-0.25, -0.2) is 4.98 Å². The number of para-hydroxylation sites is 1. The molecule has 1 saturated heterocycles. The van der Waals surface area contributed by atoms with Gasteiger partial charge in [0.1, 0.15) is 5.82 Å². The predicted octanol–water partition coefficient (Wildman–Crippen LogP) is 2.38. The first-order valence-corrected chi connectivity index (χ1v) is 7.23. The van der Waals surface area contributed by atoms with Crippen LogP contribution in [0.1, 0.15) is 12.0 Å². The summed E-state index contributed by atoms with van der Waals surface area (Å²) in [6, 6.07) is 13.0. The third-order valence-corrected chi connectivity index (χ3v) is 3.82. The highest BCUT2D eigenvalue weighted by Crippen LogP contribution is 2.28. The van der Waals surface area contributed by atoms with Gasteiger partial charge in [-0.1, -0.05) is 24.3 Å². The summed E-state index contributed by atoms with van der Waals surface area (Å²) in [4.78, 5) is 30.3. The van der Waals surface area contributed by atoms with Gasteiger partial charge in [0.15, 0.2) is 0 Å². The molecule has 5 nitrogen and oxygen atoms in total. The van der Waals surface area contributed by atoms with Gasteiger partial charge >= 0.3 is 0 Å². The maximum absolute atomic E-state index is 12.3. The number of carbonyl (C=O) groups is 2. The number of amides is 2. The van der Waals surface area contributed by atoms with Gasteiger partial charge in [-0.15, -0.1) is 0 Å². The Balaban J connectivity index is 1.72. The SMILES string of the molecule is Cc1ccccc1N1CC(C(=O)Nc2ccccn2)CC1=O. The summed E-state index contributed by atoms with van der Waals surface area (Å²) >= 11 is 0. The third-order valence-electron chi connectivity index (χ3n) is 3.82. The molecule has 1 aromatic heterocycles. The van der Waals surface area contributed by atoms with E-state index in [1.54, 1.807) is 23.2 Å². The van der Waals surface area contributed by atoms with Gasteiger partial charge in [0.25, 0.3) is 0 Å². The lowest BCUT2D eigenvalue weighted by molar-refractivity contribution is -0.122. The van der Waals surface area contributed by atoms with Crippen LogP contribution in [0.2, 0.25) is 0 Å². The van der Waals surface area contributed by atoms with E-state index in [9.17, 15) is 9.59 Å². The average Bonchev–Trinajstić information content (AvgIpc) is 2.91. The van der Waals surface area contributed by atoms with Crippen LogP contribution in [0.5, 0.6) is 0 Å². The zero-order valence-electron chi connectivity index (χ0n) is 12.3. The van der Waals surface area contributed by atoms with Gasteiger partial charge in [0, 0.05) is 24.8 Å². The lowest BCUT2D eigenvalue weighted by Crippen LogP contribution is -2.28. The Hall–Kier alpha value is -2.69. The van der Waals surface area contributed by atoms with Crippen molar-refractivity contribution in [1.82, 2.24) is 4.98 Å².